The first-order chi connectivity index (χ1) is 7.18. The fraction of sp³-hybridized carbons (Fsp3) is 0.583. The summed E-state index contributed by atoms with van der Waals surface area (Å²) >= 11 is 0. The first kappa shape index (κ1) is 10.3. The highest BCUT2D eigenvalue weighted by atomic mass is 15.2. The highest BCUT2D eigenvalue weighted by Crippen LogP contribution is 2.29. The zero-order chi connectivity index (χ0) is 10.8. The molecule has 1 heterocycles. The van der Waals surface area contributed by atoms with Crippen LogP contribution in [-0.4, -0.2) is 18.6 Å². The van der Waals surface area contributed by atoms with E-state index in [0.717, 1.165) is 29.5 Å². The van der Waals surface area contributed by atoms with E-state index in [1.807, 2.05) is 19.2 Å². The topological polar surface area (TPSA) is 42.2 Å². The number of anilines is 2. The lowest BCUT2D eigenvalue weighted by atomic mass is 9.85. The molecule has 0 aromatic carbocycles. The van der Waals surface area contributed by atoms with Gasteiger partial charge in [-0.25, -0.2) is 4.98 Å². The molecule has 3 heteroatoms. The molecule has 2 rings (SSSR count). The second kappa shape index (κ2) is 4.09. The van der Waals surface area contributed by atoms with E-state index in [2.05, 4.69) is 16.9 Å². The number of nitrogens with two attached hydrogens (primary N) is 1. The Kier molecular flexibility index (Phi) is 2.80. The summed E-state index contributed by atoms with van der Waals surface area (Å²) in [5.41, 5.74) is 7.94. The number of aromatic nitrogens is 1. The lowest BCUT2D eigenvalue weighted by molar-refractivity contribution is 0.321. The Bertz CT molecular complexity index is 345. The number of hydrogen-bond donors (Lipinski definition) is 1. The second-order valence-corrected chi connectivity index (χ2v) is 4.54. The zero-order valence-electron chi connectivity index (χ0n) is 9.53. The van der Waals surface area contributed by atoms with Gasteiger partial charge in [0.25, 0.3) is 0 Å². The van der Waals surface area contributed by atoms with Crippen LogP contribution in [-0.2, 0) is 0 Å². The molecule has 2 N–H and O–H groups in total. The number of nitrogen functional groups attached to an aromatic ring is 1. The van der Waals surface area contributed by atoms with E-state index in [-0.39, 0.29) is 0 Å². The third kappa shape index (κ3) is 2.06. The smallest absolute Gasteiger partial charge is 0.151 e. The lowest BCUT2D eigenvalue weighted by Crippen LogP contribution is -2.30. The van der Waals surface area contributed by atoms with E-state index in [0.29, 0.717) is 0 Å². The fourth-order valence-corrected chi connectivity index (χ4v) is 2.01. The van der Waals surface area contributed by atoms with Crippen molar-refractivity contribution in [3.05, 3.63) is 17.8 Å². The monoisotopic (exact) mass is 205 g/mol. The van der Waals surface area contributed by atoms with Crippen molar-refractivity contribution in [3.63, 3.8) is 0 Å². The standard InChI is InChI=1S/C12H19N3/c1-9-6-7-14-12(11(9)13)15(2)8-10-4-3-5-10/h6-7,10H,3-5,8,13H2,1-2H3. The van der Waals surface area contributed by atoms with Gasteiger partial charge in [-0.1, -0.05) is 6.42 Å². The summed E-state index contributed by atoms with van der Waals surface area (Å²) in [7, 11) is 2.08. The van der Waals surface area contributed by atoms with Crippen molar-refractivity contribution in [1.29, 1.82) is 0 Å². The van der Waals surface area contributed by atoms with Crippen LogP contribution < -0.4 is 10.6 Å². The zero-order valence-corrected chi connectivity index (χ0v) is 9.53. The number of rotatable bonds is 3. The molecule has 1 aromatic heterocycles. The molecule has 0 amide bonds. The summed E-state index contributed by atoms with van der Waals surface area (Å²) < 4.78 is 0. The van der Waals surface area contributed by atoms with E-state index in [4.69, 9.17) is 5.73 Å². The minimum absolute atomic E-state index is 0.819. The summed E-state index contributed by atoms with van der Waals surface area (Å²) in [5.74, 6) is 1.78. The van der Waals surface area contributed by atoms with Crippen LogP contribution in [0.2, 0.25) is 0 Å². The third-order valence-electron chi connectivity index (χ3n) is 3.31. The summed E-state index contributed by atoms with van der Waals surface area (Å²) in [6, 6.07) is 1.95. The Morgan fingerprint density at radius 2 is 2.27 bits per heavy atom. The van der Waals surface area contributed by atoms with Gasteiger partial charge >= 0.3 is 0 Å². The van der Waals surface area contributed by atoms with Crippen LogP contribution in [0.3, 0.4) is 0 Å². The molecule has 0 unspecified atom stereocenters. The van der Waals surface area contributed by atoms with Crippen molar-refractivity contribution >= 4 is 11.5 Å². The van der Waals surface area contributed by atoms with Crippen molar-refractivity contribution < 1.29 is 0 Å². The van der Waals surface area contributed by atoms with Crippen molar-refractivity contribution in [2.45, 2.75) is 26.2 Å². The third-order valence-corrected chi connectivity index (χ3v) is 3.31. The van der Waals surface area contributed by atoms with Crippen molar-refractivity contribution in [1.82, 2.24) is 4.98 Å². The van der Waals surface area contributed by atoms with Crippen molar-refractivity contribution in [3.8, 4) is 0 Å². The average molecular weight is 205 g/mol. The molecule has 82 valence electrons. The van der Waals surface area contributed by atoms with Gasteiger partial charge in [-0.05, 0) is 37.3 Å². The summed E-state index contributed by atoms with van der Waals surface area (Å²) in [4.78, 5) is 6.54. The first-order valence-electron chi connectivity index (χ1n) is 5.60. The minimum atomic E-state index is 0.819. The molecular weight excluding hydrogens is 186 g/mol. The molecule has 0 bridgehead atoms. The van der Waals surface area contributed by atoms with Crippen LogP contribution in [0, 0.1) is 12.8 Å². The number of pyridine rings is 1. The Balaban J connectivity index is 2.09. The van der Waals surface area contributed by atoms with E-state index < -0.39 is 0 Å². The highest BCUT2D eigenvalue weighted by molar-refractivity contribution is 5.65. The molecule has 3 nitrogen and oxygen atoms in total. The molecule has 15 heavy (non-hydrogen) atoms. The van der Waals surface area contributed by atoms with Crippen LogP contribution in [0.5, 0.6) is 0 Å². The van der Waals surface area contributed by atoms with Gasteiger partial charge in [0.05, 0.1) is 5.69 Å². The summed E-state index contributed by atoms with van der Waals surface area (Å²) in [6.45, 7) is 3.11. The Labute approximate surface area is 91.3 Å². The SMILES string of the molecule is Cc1ccnc(N(C)CC2CCC2)c1N. The van der Waals surface area contributed by atoms with Gasteiger partial charge in [-0.2, -0.15) is 0 Å². The molecule has 0 atom stereocenters. The number of hydrogen-bond acceptors (Lipinski definition) is 3. The van der Waals surface area contributed by atoms with Crippen LogP contribution in [0.15, 0.2) is 12.3 Å². The van der Waals surface area contributed by atoms with Gasteiger partial charge < -0.3 is 10.6 Å². The van der Waals surface area contributed by atoms with Crippen molar-refractivity contribution in [2.24, 2.45) is 5.92 Å². The molecule has 0 spiro atoms. The van der Waals surface area contributed by atoms with Crippen molar-refractivity contribution in [2.75, 3.05) is 24.2 Å². The minimum Gasteiger partial charge on any atom is -0.396 e. The van der Waals surface area contributed by atoms with Crippen LogP contribution in [0.25, 0.3) is 0 Å². The van der Waals surface area contributed by atoms with Crippen LogP contribution in [0.4, 0.5) is 11.5 Å². The fourth-order valence-electron chi connectivity index (χ4n) is 2.01. The quantitative estimate of drug-likeness (QED) is 0.822. The maximum Gasteiger partial charge on any atom is 0.151 e. The number of aryl methyl sites for hydroxylation is 1. The second-order valence-electron chi connectivity index (χ2n) is 4.54. The van der Waals surface area contributed by atoms with Gasteiger partial charge in [0.15, 0.2) is 5.82 Å². The summed E-state index contributed by atoms with van der Waals surface area (Å²) in [5, 5.41) is 0. The van der Waals surface area contributed by atoms with Crippen LogP contribution in [0.1, 0.15) is 24.8 Å². The predicted molar refractivity (Wildman–Crippen MR) is 64.0 cm³/mol. The van der Waals surface area contributed by atoms with E-state index in [1.54, 1.807) is 0 Å². The first-order valence-corrected chi connectivity index (χ1v) is 5.60. The normalized spacial score (nSPS) is 16.1. The molecule has 0 saturated heterocycles. The molecular formula is C12H19N3. The number of nitrogens with zero attached hydrogens (tertiary/aromatic N) is 2. The Hall–Kier alpha value is -1.25. The van der Waals surface area contributed by atoms with Gasteiger partial charge in [0.1, 0.15) is 0 Å². The molecule has 1 aliphatic rings. The van der Waals surface area contributed by atoms with Gasteiger partial charge in [-0.3, -0.25) is 0 Å². The molecule has 1 saturated carbocycles. The lowest BCUT2D eigenvalue weighted by Gasteiger charge is -2.31. The molecule has 1 aromatic rings. The Morgan fingerprint density at radius 1 is 1.53 bits per heavy atom. The molecule has 1 aliphatic carbocycles. The molecule has 0 aliphatic heterocycles. The molecule has 0 radical (unpaired) electrons. The maximum atomic E-state index is 6.01. The maximum absolute atomic E-state index is 6.01. The van der Waals surface area contributed by atoms with E-state index in [9.17, 15) is 0 Å². The van der Waals surface area contributed by atoms with Crippen LogP contribution >= 0.6 is 0 Å². The molecule has 1 fully saturated rings. The van der Waals surface area contributed by atoms with Gasteiger partial charge in [-0.15, -0.1) is 0 Å². The van der Waals surface area contributed by atoms with Gasteiger partial charge in [0.2, 0.25) is 0 Å². The van der Waals surface area contributed by atoms with E-state index >= 15 is 0 Å². The highest BCUT2D eigenvalue weighted by Gasteiger charge is 2.20. The predicted octanol–water partition coefficient (Wildman–Crippen LogP) is 2.21. The van der Waals surface area contributed by atoms with E-state index in [1.165, 1.54) is 19.3 Å². The Morgan fingerprint density at radius 3 is 2.87 bits per heavy atom. The summed E-state index contributed by atoms with van der Waals surface area (Å²) in [6.07, 6.45) is 5.93. The largest absolute Gasteiger partial charge is 0.396 e. The average Bonchev–Trinajstić information content (AvgIpc) is 2.15. The van der Waals surface area contributed by atoms with Gasteiger partial charge in [0, 0.05) is 19.8 Å².